The van der Waals surface area contributed by atoms with Crippen LogP contribution in [0.5, 0.6) is 0 Å². The third-order valence-electron chi connectivity index (χ3n) is 2.07. The van der Waals surface area contributed by atoms with E-state index in [0.29, 0.717) is 0 Å². The highest BCUT2D eigenvalue weighted by Crippen LogP contribution is 2.29. The Kier molecular flexibility index (Phi) is 4.08. The largest absolute Gasteiger partial charge is 0.197 e. The van der Waals surface area contributed by atoms with Gasteiger partial charge in [0.05, 0.1) is 12.1 Å². The van der Waals surface area contributed by atoms with Crippen LogP contribution < -0.4 is 0 Å². The minimum absolute atomic E-state index is 0.0394. The number of hydrogen-bond donors (Lipinski definition) is 0. The first kappa shape index (κ1) is 10.7. The quantitative estimate of drug-likeness (QED) is 0.599. The van der Waals surface area contributed by atoms with Gasteiger partial charge in [0.25, 0.3) is 0 Å². The Bertz CT molecular complexity index is 226. The minimum atomic E-state index is -0.874. The molecular weight excluding hydrogens is 148 g/mol. The maximum Gasteiger partial charge on any atom is 0.147 e. The van der Waals surface area contributed by atoms with E-state index in [-0.39, 0.29) is 5.92 Å². The van der Waals surface area contributed by atoms with Crippen molar-refractivity contribution in [3.8, 4) is 12.1 Å². The molecule has 0 aromatic rings. The summed E-state index contributed by atoms with van der Waals surface area (Å²) in [4.78, 5) is 0. The van der Waals surface area contributed by atoms with Gasteiger partial charge in [-0.25, -0.2) is 0 Å². The van der Waals surface area contributed by atoms with Crippen molar-refractivity contribution in [1.29, 1.82) is 10.5 Å². The van der Waals surface area contributed by atoms with Gasteiger partial charge >= 0.3 is 0 Å². The lowest BCUT2D eigenvalue weighted by atomic mass is 9.78. The van der Waals surface area contributed by atoms with E-state index in [1.54, 1.807) is 6.92 Å². The SMILES string of the molecule is C/C=C/C(CC)C(C)(C#N)C#N. The van der Waals surface area contributed by atoms with Crippen molar-refractivity contribution in [3.63, 3.8) is 0 Å². The molecule has 0 rings (SSSR count). The van der Waals surface area contributed by atoms with Gasteiger partial charge in [-0.05, 0) is 20.3 Å². The van der Waals surface area contributed by atoms with Gasteiger partial charge < -0.3 is 0 Å². The normalized spacial score (nSPS) is 13.8. The Balaban J connectivity index is 4.73. The van der Waals surface area contributed by atoms with Crippen molar-refractivity contribution in [2.45, 2.75) is 27.2 Å². The van der Waals surface area contributed by atoms with Gasteiger partial charge in [-0.1, -0.05) is 19.1 Å². The zero-order chi connectivity index (χ0) is 9.61. The van der Waals surface area contributed by atoms with Gasteiger partial charge in [0, 0.05) is 5.92 Å². The predicted molar refractivity (Wildman–Crippen MR) is 47.9 cm³/mol. The number of allylic oxidation sites excluding steroid dienone is 2. The maximum atomic E-state index is 8.81. The zero-order valence-corrected chi connectivity index (χ0v) is 7.83. The summed E-state index contributed by atoms with van der Waals surface area (Å²) in [5.41, 5.74) is -0.874. The second-order valence-electron chi connectivity index (χ2n) is 2.97. The lowest BCUT2D eigenvalue weighted by Gasteiger charge is -2.20. The lowest BCUT2D eigenvalue weighted by Crippen LogP contribution is -2.21. The summed E-state index contributed by atoms with van der Waals surface area (Å²) in [6.07, 6.45) is 4.63. The molecule has 0 saturated carbocycles. The molecule has 0 heterocycles. The van der Waals surface area contributed by atoms with Crippen LogP contribution in [0, 0.1) is 34.0 Å². The van der Waals surface area contributed by atoms with E-state index in [1.165, 1.54) is 0 Å². The molecule has 2 nitrogen and oxygen atoms in total. The smallest absolute Gasteiger partial charge is 0.147 e. The second-order valence-corrected chi connectivity index (χ2v) is 2.97. The average molecular weight is 162 g/mol. The summed E-state index contributed by atoms with van der Waals surface area (Å²) in [5.74, 6) is 0.0394. The zero-order valence-electron chi connectivity index (χ0n) is 7.83. The van der Waals surface area contributed by atoms with Gasteiger partial charge in [0.1, 0.15) is 5.41 Å². The fourth-order valence-electron chi connectivity index (χ4n) is 1.16. The Morgan fingerprint density at radius 3 is 2.17 bits per heavy atom. The summed E-state index contributed by atoms with van der Waals surface area (Å²) >= 11 is 0. The molecular formula is C10H14N2. The highest BCUT2D eigenvalue weighted by molar-refractivity contribution is 5.17. The topological polar surface area (TPSA) is 47.6 Å². The molecule has 0 aromatic heterocycles. The number of nitriles is 2. The summed E-state index contributed by atoms with van der Waals surface area (Å²) in [5, 5.41) is 17.6. The molecule has 0 saturated heterocycles. The van der Waals surface area contributed by atoms with Crippen molar-refractivity contribution in [2.24, 2.45) is 11.3 Å². The van der Waals surface area contributed by atoms with Gasteiger partial charge in [-0.2, -0.15) is 10.5 Å². The van der Waals surface area contributed by atoms with Gasteiger partial charge in [-0.15, -0.1) is 0 Å². The van der Waals surface area contributed by atoms with Crippen molar-refractivity contribution < 1.29 is 0 Å². The molecule has 12 heavy (non-hydrogen) atoms. The summed E-state index contributed by atoms with van der Waals surface area (Å²) in [6.45, 7) is 5.57. The first-order valence-electron chi connectivity index (χ1n) is 4.10. The van der Waals surface area contributed by atoms with Crippen LogP contribution in [0.2, 0.25) is 0 Å². The standard InChI is InChI=1S/C10H14N2/c1-4-6-9(5-2)10(3,7-11)8-12/h4,6,9H,5H2,1-3H3/b6-4+. The molecule has 0 amide bonds. The molecule has 0 aliphatic heterocycles. The van der Waals surface area contributed by atoms with E-state index in [0.717, 1.165) is 6.42 Å². The second kappa shape index (κ2) is 4.57. The molecule has 0 bridgehead atoms. The maximum absolute atomic E-state index is 8.81. The van der Waals surface area contributed by atoms with Crippen molar-refractivity contribution >= 4 is 0 Å². The van der Waals surface area contributed by atoms with E-state index in [1.807, 2.05) is 26.0 Å². The minimum Gasteiger partial charge on any atom is -0.197 e. The van der Waals surface area contributed by atoms with E-state index in [4.69, 9.17) is 10.5 Å². The van der Waals surface area contributed by atoms with E-state index < -0.39 is 5.41 Å². The summed E-state index contributed by atoms with van der Waals surface area (Å²) < 4.78 is 0. The molecule has 0 N–H and O–H groups in total. The Morgan fingerprint density at radius 1 is 1.42 bits per heavy atom. The summed E-state index contributed by atoms with van der Waals surface area (Å²) in [7, 11) is 0. The van der Waals surface area contributed by atoms with Crippen LogP contribution in [0.1, 0.15) is 27.2 Å². The van der Waals surface area contributed by atoms with E-state index in [9.17, 15) is 0 Å². The average Bonchev–Trinajstić information content (AvgIpc) is 2.13. The molecule has 0 aliphatic rings. The van der Waals surface area contributed by atoms with Crippen molar-refractivity contribution in [1.82, 2.24) is 0 Å². The molecule has 1 atom stereocenters. The van der Waals surface area contributed by atoms with E-state index >= 15 is 0 Å². The monoisotopic (exact) mass is 162 g/mol. The Labute approximate surface area is 74.1 Å². The van der Waals surface area contributed by atoms with Crippen LogP contribution >= 0.6 is 0 Å². The van der Waals surface area contributed by atoms with Crippen LogP contribution in [-0.2, 0) is 0 Å². The van der Waals surface area contributed by atoms with Crippen LogP contribution in [0.25, 0.3) is 0 Å². The molecule has 1 unspecified atom stereocenters. The molecule has 2 heteroatoms. The molecule has 0 fully saturated rings. The van der Waals surface area contributed by atoms with E-state index in [2.05, 4.69) is 12.1 Å². The molecule has 64 valence electrons. The first-order chi connectivity index (χ1) is 5.64. The van der Waals surface area contributed by atoms with Crippen LogP contribution in [0.3, 0.4) is 0 Å². The number of rotatable bonds is 3. The fourth-order valence-corrected chi connectivity index (χ4v) is 1.16. The van der Waals surface area contributed by atoms with Gasteiger partial charge in [0.15, 0.2) is 0 Å². The molecule has 0 aliphatic carbocycles. The third kappa shape index (κ3) is 2.10. The predicted octanol–water partition coefficient (Wildman–Crippen LogP) is 2.64. The Hall–Kier alpha value is -1.28. The third-order valence-corrected chi connectivity index (χ3v) is 2.07. The molecule has 0 radical (unpaired) electrons. The van der Waals surface area contributed by atoms with Crippen LogP contribution in [0.15, 0.2) is 12.2 Å². The first-order valence-corrected chi connectivity index (χ1v) is 4.10. The number of hydrogen-bond acceptors (Lipinski definition) is 2. The van der Waals surface area contributed by atoms with Crippen LogP contribution in [-0.4, -0.2) is 0 Å². The summed E-state index contributed by atoms with van der Waals surface area (Å²) in [6, 6.07) is 4.10. The molecule has 0 aromatic carbocycles. The molecule has 0 spiro atoms. The van der Waals surface area contributed by atoms with Crippen molar-refractivity contribution in [3.05, 3.63) is 12.2 Å². The lowest BCUT2D eigenvalue weighted by molar-refractivity contribution is 0.405. The van der Waals surface area contributed by atoms with Crippen LogP contribution in [0.4, 0.5) is 0 Å². The highest BCUT2D eigenvalue weighted by Gasteiger charge is 2.31. The van der Waals surface area contributed by atoms with Gasteiger partial charge in [0.2, 0.25) is 0 Å². The Morgan fingerprint density at radius 2 is 1.92 bits per heavy atom. The number of nitrogens with zero attached hydrogens (tertiary/aromatic N) is 2. The fraction of sp³-hybridized carbons (Fsp3) is 0.600. The highest BCUT2D eigenvalue weighted by atomic mass is 14.4. The van der Waals surface area contributed by atoms with Crippen molar-refractivity contribution in [2.75, 3.05) is 0 Å². The van der Waals surface area contributed by atoms with Gasteiger partial charge in [-0.3, -0.25) is 0 Å².